The fourth-order valence-electron chi connectivity index (χ4n) is 0.447. The second kappa shape index (κ2) is 7.31. The Balaban J connectivity index is 0.000000187. The molecule has 0 spiro atoms. The molecule has 1 aliphatic heterocycles. The van der Waals surface area contributed by atoms with Gasteiger partial charge in [0, 0.05) is 6.61 Å². The van der Waals surface area contributed by atoms with E-state index < -0.39 is 0 Å². The van der Waals surface area contributed by atoms with E-state index in [1.807, 2.05) is 0 Å². The van der Waals surface area contributed by atoms with Crippen LogP contribution >= 0.6 is 0 Å². The monoisotopic (exact) mass is 158 g/mol. The highest BCUT2D eigenvalue weighted by Crippen LogP contribution is 2.11. The molecule has 3 nitrogen and oxygen atoms in total. The Kier molecular flexibility index (Phi) is 6.78. The van der Waals surface area contributed by atoms with Crippen molar-refractivity contribution in [3.05, 3.63) is 25.7 Å². The van der Waals surface area contributed by atoms with Crippen LogP contribution in [0.5, 0.6) is 0 Å². The molecule has 0 aliphatic carbocycles. The fourth-order valence-corrected chi connectivity index (χ4v) is 0.447. The lowest BCUT2D eigenvalue weighted by Gasteiger charge is -1.80. The third-order valence-corrected chi connectivity index (χ3v) is 1.05. The van der Waals surface area contributed by atoms with Crippen molar-refractivity contribution in [3.8, 4) is 0 Å². The van der Waals surface area contributed by atoms with Gasteiger partial charge in [-0.3, -0.25) is 0 Å². The third kappa shape index (κ3) is 9.20. The fraction of sp³-hybridized carbons (Fsp3) is 0.500. The summed E-state index contributed by atoms with van der Waals surface area (Å²) in [6.07, 6.45) is 3.84. The summed E-state index contributed by atoms with van der Waals surface area (Å²) in [7, 11) is 0. The van der Waals surface area contributed by atoms with Gasteiger partial charge in [-0.25, -0.2) is 0 Å². The van der Waals surface area contributed by atoms with Gasteiger partial charge in [0.15, 0.2) is 0 Å². The van der Waals surface area contributed by atoms with E-state index in [0.29, 0.717) is 6.10 Å². The van der Waals surface area contributed by atoms with Crippen molar-refractivity contribution in [2.75, 3.05) is 13.2 Å². The summed E-state index contributed by atoms with van der Waals surface area (Å²) in [4.78, 5) is 0. The van der Waals surface area contributed by atoms with Crippen LogP contribution in [0.3, 0.4) is 0 Å². The molecule has 1 atom stereocenters. The minimum atomic E-state index is 0.269. The first kappa shape index (κ1) is 10.2. The average Bonchev–Trinajstić information content (AvgIpc) is 2.76. The summed E-state index contributed by atoms with van der Waals surface area (Å²) in [5, 5.41) is 8.20. The van der Waals surface area contributed by atoms with E-state index in [2.05, 4.69) is 17.9 Å². The largest absolute Gasteiger partial charge is 0.474 e. The lowest BCUT2D eigenvalue weighted by Crippen LogP contribution is -1.88. The highest BCUT2D eigenvalue weighted by atomic mass is 16.6. The molecule has 1 N–H and O–H groups in total. The normalized spacial score (nSPS) is 19.2. The third-order valence-electron chi connectivity index (χ3n) is 1.05. The number of hydrogen-bond donors (Lipinski definition) is 1. The molecule has 1 saturated heterocycles. The van der Waals surface area contributed by atoms with Crippen LogP contribution in [0.15, 0.2) is 25.7 Å². The maximum Gasteiger partial charge on any atom is 0.0831 e. The van der Waals surface area contributed by atoms with Crippen molar-refractivity contribution in [3.63, 3.8) is 0 Å². The number of ether oxygens (including phenoxy) is 2. The van der Waals surface area contributed by atoms with Gasteiger partial charge in [0.1, 0.15) is 0 Å². The number of rotatable bonds is 4. The lowest BCUT2D eigenvalue weighted by atomic mass is 10.4. The molecule has 1 aliphatic rings. The van der Waals surface area contributed by atoms with Crippen LogP contribution in [0, 0.1) is 0 Å². The second-order valence-electron chi connectivity index (χ2n) is 1.94. The molecule has 0 aromatic heterocycles. The molecular weight excluding hydrogens is 144 g/mol. The maximum atomic E-state index is 8.20. The smallest absolute Gasteiger partial charge is 0.0831 e. The first-order valence-corrected chi connectivity index (χ1v) is 3.45. The van der Waals surface area contributed by atoms with Gasteiger partial charge in [-0.15, -0.1) is 0 Å². The van der Waals surface area contributed by atoms with Crippen molar-refractivity contribution >= 4 is 0 Å². The van der Waals surface area contributed by atoms with E-state index in [1.165, 1.54) is 12.5 Å². The maximum absolute atomic E-state index is 8.20. The van der Waals surface area contributed by atoms with Gasteiger partial charge in [-0.2, -0.15) is 0 Å². The van der Waals surface area contributed by atoms with Crippen LogP contribution in [-0.4, -0.2) is 24.4 Å². The Morgan fingerprint density at radius 3 is 2.18 bits per heavy atom. The van der Waals surface area contributed by atoms with E-state index in [9.17, 15) is 0 Å². The zero-order valence-corrected chi connectivity index (χ0v) is 6.53. The molecule has 0 radical (unpaired) electrons. The molecule has 0 aromatic rings. The minimum Gasteiger partial charge on any atom is -0.474 e. The van der Waals surface area contributed by atoms with E-state index in [-0.39, 0.29) is 6.61 Å². The Labute approximate surface area is 66.9 Å². The molecule has 0 saturated carbocycles. The first-order chi connectivity index (χ1) is 5.35. The van der Waals surface area contributed by atoms with Crippen LogP contribution < -0.4 is 0 Å². The van der Waals surface area contributed by atoms with E-state index in [4.69, 9.17) is 9.84 Å². The Bertz CT molecular complexity index is 102. The molecule has 1 rings (SSSR count). The summed E-state index contributed by atoms with van der Waals surface area (Å²) >= 11 is 0. The number of aliphatic hydroxyl groups excluding tert-OH is 1. The molecule has 1 unspecified atom stereocenters. The zero-order chi connectivity index (χ0) is 8.53. The summed E-state index contributed by atoms with van der Waals surface area (Å²) in [5.41, 5.74) is 0. The first-order valence-electron chi connectivity index (χ1n) is 3.45. The van der Waals surface area contributed by atoms with E-state index >= 15 is 0 Å². The molecule has 64 valence electrons. The highest BCUT2D eigenvalue weighted by molar-refractivity contribution is 4.66. The predicted octanol–water partition coefficient (Wildman–Crippen LogP) is 1.06. The Hall–Kier alpha value is -0.800. The molecular formula is C8H14O3. The van der Waals surface area contributed by atoms with Crippen molar-refractivity contribution in [2.24, 2.45) is 0 Å². The summed E-state index contributed by atoms with van der Waals surface area (Å²) < 4.78 is 9.15. The van der Waals surface area contributed by atoms with Crippen molar-refractivity contribution < 1.29 is 14.6 Å². The number of epoxide rings is 1. The SMILES string of the molecule is C=COC=C.OCCC1CO1. The van der Waals surface area contributed by atoms with Crippen LogP contribution in [0.1, 0.15) is 6.42 Å². The number of hydrogen-bond acceptors (Lipinski definition) is 3. The van der Waals surface area contributed by atoms with Gasteiger partial charge < -0.3 is 14.6 Å². The Morgan fingerprint density at radius 1 is 1.55 bits per heavy atom. The highest BCUT2D eigenvalue weighted by Gasteiger charge is 2.20. The van der Waals surface area contributed by atoms with E-state index in [0.717, 1.165) is 13.0 Å². The van der Waals surface area contributed by atoms with Crippen LogP contribution in [0.4, 0.5) is 0 Å². The van der Waals surface area contributed by atoms with Crippen LogP contribution in [0.2, 0.25) is 0 Å². The van der Waals surface area contributed by atoms with Crippen LogP contribution in [-0.2, 0) is 9.47 Å². The summed E-state index contributed by atoms with van der Waals surface area (Å²) in [5.74, 6) is 0. The second-order valence-corrected chi connectivity index (χ2v) is 1.94. The Morgan fingerprint density at radius 2 is 2.09 bits per heavy atom. The van der Waals surface area contributed by atoms with Gasteiger partial charge in [0.2, 0.25) is 0 Å². The van der Waals surface area contributed by atoms with E-state index in [1.54, 1.807) is 0 Å². The van der Waals surface area contributed by atoms with Crippen LogP contribution in [0.25, 0.3) is 0 Å². The van der Waals surface area contributed by atoms with Crippen molar-refractivity contribution in [2.45, 2.75) is 12.5 Å². The average molecular weight is 158 g/mol. The molecule has 0 amide bonds. The van der Waals surface area contributed by atoms with Crippen molar-refractivity contribution in [1.29, 1.82) is 0 Å². The summed E-state index contributed by atoms with van der Waals surface area (Å²) in [6.45, 7) is 7.64. The molecule has 1 heterocycles. The topological polar surface area (TPSA) is 42.0 Å². The molecule has 3 heteroatoms. The standard InChI is InChI=1S/C4H8O2.C4H6O/c5-2-1-4-3-6-4;1-3-5-4-2/h4-5H,1-3H2;3-4H,1-2H2. The van der Waals surface area contributed by atoms with Gasteiger partial charge in [0.25, 0.3) is 0 Å². The number of aliphatic hydroxyl groups is 1. The quantitative estimate of drug-likeness (QED) is 0.491. The molecule has 1 fully saturated rings. The predicted molar refractivity (Wildman–Crippen MR) is 42.9 cm³/mol. The van der Waals surface area contributed by atoms with Crippen molar-refractivity contribution in [1.82, 2.24) is 0 Å². The summed E-state index contributed by atoms with van der Waals surface area (Å²) in [6, 6.07) is 0. The zero-order valence-electron chi connectivity index (χ0n) is 6.53. The van der Waals surface area contributed by atoms with Gasteiger partial charge >= 0.3 is 0 Å². The molecule has 0 aromatic carbocycles. The van der Waals surface area contributed by atoms with Gasteiger partial charge in [0.05, 0.1) is 25.2 Å². The molecule has 11 heavy (non-hydrogen) atoms. The lowest BCUT2D eigenvalue weighted by molar-refractivity contribution is 0.264. The van der Waals surface area contributed by atoms with Gasteiger partial charge in [-0.1, -0.05) is 13.2 Å². The van der Waals surface area contributed by atoms with Gasteiger partial charge in [-0.05, 0) is 6.42 Å². The minimum absolute atomic E-state index is 0.269. The molecule has 0 bridgehead atoms.